The minimum absolute atomic E-state index is 0.000949. The molecule has 3 unspecified atom stereocenters. The first kappa shape index (κ1) is 16.1. The van der Waals surface area contributed by atoms with Gasteiger partial charge in [0, 0.05) is 12.5 Å². The van der Waals surface area contributed by atoms with Crippen molar-refractivity contribution < 1.29 is 9.47 Å². The lowest BCUT2D eigenvalue weighted by Crippen LogP contribution is -2.19. The largest absolute Gasteiger partial charge is 0.492 e. The van der Waals surface area contributed by atoms with Crippen LogP contribution in [0.3, 0.4) is 0 Å². The van der Waals surface area contributed by atoms with E-state index in [-0.39, 0.29) is 11.5 Å². The third-order valence-corrected chi connectivity index (χ3v) is 4.97. The number of halogens is 2. The SMILES string of the molecule is CCCOc1ccc(C(Cl)C2CCOC2CC)cc1Br. The Bertz CT molecular complexity index is 438. The molecule has 0 radical (unpaired) electrons. The molecule has 2 nitrogen and oxygen atoms in total. The van der Waals surface area contributed by atoms with Gasteiger partial charge in [-0.15, -0.1) is 11.6 Å². The van der Waals surface area contributed by atoms with Gasteiger partial charge in [-0.3, -0.25) is 0 Å². The molecule has 1 aliphatic rings. The molecule has 4 heteroatoms. The molecular formula is C16H22BrClO2. The quantitative estimate of drug-likeness (QED) is 0.637. The van der Waals surface area contributed by atoms with E-state index in [0.717, 1.165) is 48.3 Å². The second-order valence-corrected chi connectivity index (χ2v) is 6.53. The lowest BCUT2D eigenvalue weighted by atomic mass is 9.91. The molecule has 1 saturated heterocycles. The molecule has 1 aromatic carbocycles. The van der Waals surface area contributed by atoms with Gasteiger partial charge in [0.2, 0.25) is 0 Å². The Morgan fingerprint density at radius 2 is 2.25 bits per heavy atom. The third kappa shape index (κ3) is 3.69. The van der Waals surface area contributed by atoms with Gasteiger partial charge in [0.25, 0.3) is 0 Å². The molecule has 112 valence electrons. The van der Waals surface area contributed by atoms with Gasteiger partial charge in [-0.05, 0) is 52.9 Å². The Kier molecular flexibility index (Phi) is 6.19. The number of alkyl halides is 1. The summed E-state index contributed by atoms with van der Waals surface area (Å²) in [5.74, 6) is 1.28. The fraction of sp³-hybridized carbons (Fsp3) is 0.625. The van der Waals surface area contributed by atoms with Crippen LogP contribution in [0.5, 0.6) is 5.75 Å². The van der Waals surface area contributed by atoms with Crippen molar-refractivity contribution in [3.05, 3.63) is 28.2 Å². The van der Waals surface area contributed by atoms with Crippen molar-refractivity contribution in [2.45, 2.75) is 44.6 Å². The molecule has 20 heavy (non-hydrogen) atoms. The molecule has 0 aromatic heterocycles. The summed E-state index contributed by atoms with van der Waals surface area (Å²) in [7, 11) is 0. The van der Waals surface area contributed by atoms with Gasteiger partial charge in [0.15, 0.2) is 0 Å². The van der Waals surface area contributed by atoms with Crippen molar-refractivity contribution in [2.24, 2.45) is 5.92 Å². The number of rotatable bonds is 6. The second kappa shape index (κ2) is 7.67. The lowest BCUT2D eigenvalue weighted by Gasteiger charge is -2.23. The number of ether oxygens (including phenoxy) is 2. The van der Waals surface area contributed by atoms with Crippen LogP contribution < -0.4 is 4.74 Å². The van der Waals surface area contributed by atoms with Gasteiger partial charge >= 0.3 is 0 Å². The topological polar surface area (TPSA) is 18.5 Å². The van der Waals surface area contributed by atoms with Gasteiger partial charge < -0.3 is 9.47 Å². The predicted octanol–water partition coefficient (Wildman–Crippen LogP) is 5.33. The molecule has 0 N–H and O–H groups in total. The molecular weight excluding hydrogens is 340 g/mol. The van der Waals surface area contributed by atoms with Crippen LogP contribution in [0, 0.1) is 5.92 Å². The van der Waals surface area contributed by atoms with Crippen LogP contribution in [-0.4, -0.2) is 19.3 Å². The number of hydrogen-bond donors (Lipinski definition) is 0. The summed E-state index contributed by atoms with van der Waals surface area (Å²) < 4.78 is 12.4. The molecule has 0 amide bonds. The van der Waals surface area contributed by atoms with Gasteiger partial charge in [-0.25, -0.2) is 0 Å². The molecule has 3 atom stereocenters. The maximum absolute atomic E-state index is 6.67. The summed E-state index contributed by atoms with van der Waals surface area (Å²) in [4.78, 5) is 0. The molecule has 0 spiro atoms. The lowest BCUT2D eigenvalue weighted by molar-refractivity contribution is 0.0864. The van der Waals surface area contributed by atoms with Crippen molar-refractivity contribution in [2.75, 3.05) is 13.2 Å². The summed E-state index contributed by atoms with van der Waals surface area (Å²) in [6.07, 6.45) is 3.35. The third-order valence-electron chi connectivity index (χ3n) is 3.77. The zero-order chi connectivity index (χ0) is 14.5. The minimum Gasteiger partial charge on any atom is -0.492 e. The smallest absolute Gasteiger partial charge is 0.133 e. The van der Waals surface area contributed by atoms with Crippen LogP contribution in [0.4, 0.5) is 0 Å². The Labute approximate surface area is 134 Å². The summed E-state index contributed by atoms with van der Waals surface area (Å²) in [5.41, 5.74) is 1.14. The van der Waals surface area contributed by atoms with Gasteiger partial charge in [-0.1, -0.05) is 19.9 Å². The summed E-state index contributed by atoms with van der Waals surface area (Å²) in [6, 6.07) is 6.15. The highest BCUT2D eigenvalue weighted by Crippen LogP contribution is 2.41. The summed E-state index contributed by atoms with van der Waals surface area (Å²) >= 11 is 10.2. The van der Waals surface area contributed by atoms with E-state index in [2.05, 4.69) is 41.9 Å². The normalized spacial score (nSPS) is 23.8. The average Bonchev–Trinajstić information content (AvgIpc) is 2.93. The minimum atomic E-state index is -0.000949. The fourth-order valence-corrected chi connectivity index (χ4v) is 3.62. The van der Waals surface area contributed by atoms with E-state index in [4.69, 9.17) is 21.1 Å². The van der Waals surface area contributed by atoms with E-state index >= 15 is 0 Å². The van der Waals surface area contributed by atoms with Crippen molar-refractivity contribution in [3.63, 3.8) is 0 Å². The van der Waals surface area contributed by atoms with Crippen LogP contribution in [0.25, 0.3) is 0 Å². The predicted molar refractivity (Wildman–Crippen MR) is 86.7 cm³/mol. The highest BCUT2D eigenvalue weighted by Gasteiger charge is 2.33. The van der Waals surface area contributed by atoms with Gasteiger partial charge in [0.05, 0.1) is 22.6 Å². The molecule has 0 bridgehead atoms. The van der Waals surface area contributed by atoms with Crippen LogP contribution in [-0.2, 0) is 4.74 Å². The maximum Gasteiger partial charge on any atom is 0.133 e. The van der Waals surface area contributed by atoms with E-state index in [0.29, 0.717) is 5.92 Å². The standard InChI is InChI=1S/C16H22BrClO2/c1-3-8-19-15-6-5-11(10-13(15)17)16(18)12-7-9-20-14(12)4-2/h5-6,10,12,14,16H,3-4,7-9H2,1-2H3. The fourth-order valence-electron chi connectivity index (χ4n) is 2.69. The zero-order valence-corrected chi connectivity index (χ0v) is 14.4. The first-order valence-electron chi connectivity index (χ1n) is 7.35. The molecule has 1 aromatic rings. The van der Waals surface area contributed by atoms with E-state index in [9.17, 15) is 0 Å². The van der Waals surface area contributed by atoms with Crippen molar-refractivity contribution >= 4 is 27.5 Å². The molecule has 1 heterocycles. The second-order valence-electron chi connectivity index (χ2n) is 5.21. The van der Waals surface area contributed by atoms with E-state index < -0.39 is 0 Å². The average molecular weight is 362 g/mol. The van der Waals surface area contributed by atoms with Crippen LogP contribution in [0.15, 0.2) is 22.7 Å². The van der Waals surface area contributed by atoms with E-state index in [1.165, 1.54) is 0 Å². The van der Waals surface area contributed by atoms with Crippen LogP contribution in [0.2, 0.25) is 0 Å². The Balaban J connectivity index is 2.10. The van der Waals surface area contributed by atoms with E-state index in [1.807, 2.05) is 6.07 Å². The Morgan fingerprint density at radius 3 is 2.90 bits per heavy atom. The van der Waals surface area contributed by atoms with Gasteiger partial charge in [-0.2, -0.15) is 0 Å². The highest BCUT2D eigenvalue weighted by molar-refractivity contribution is 9.10. The highest BCUT2D eigenvalue weighted by atomic mass is 79.9. The first-order chi connectivity index (χ1) is 9.67. The molecule has 1 fully saturated rings. The monoisotopic (exact) mass is 360 g/mol. The summed E-state index contributed by atoms with van der Waals surface area (Å²) in [5, 5.41) is -0.000949. The van der Waals surface area contributed by atoms with Crippen molar-refractivity contribution in [3.8, 4) is 5.75 Å². The summed E-state index contributed by atoms with van der Waals surface area (Å²) in [6.45, 7) is 5.81. The zero-order valence-electron chi connectivity index (χ0n) is 12.1. The molecule has 0 aliphatic carbocycles. The number of benzene rings is 1. The molecule has 1 aliphatic heterocycles. The Morgan fingerprint density at radius 1 is 1.45 bits per heavy atom. The van der Waals surface area contributed by atoms with Crippen LogP contribution >= 0.6 is 27.5 Å². The van der Waals surface area contributed by atoms with Crippen molar-refractivity contribution in [1.29, 1.82) is 0 Å². The van der Waals surface area contributed by atoms with Crippen LogP contribution in [0.1, 0.15) is 44.1 Å². The van der Waals surface area contributed by atoms with Crippen molar-refractivity contribution in [1.82, 2.24) is 0 Å². The first-order valence-corrected chi connectivity index (χ1v) is 8.58. The van der Waals surface area contributed by atoms with E-state index in [1.54, 1.807) is 0 Å². The molecule has 0 saturated carbocycles. The maximum atomic E-state index is 6.67. The molecule has 2 rings (SSSR count). The Hall–Kier alpha value is -0.250. The van der Waals surface area contributed by atoms with Gasteiger partial charge in [0.1, 0.15) is 5.75 Å². The number of hydrogen-bond acceptors (Lipinski definition) is 2.